The Kier molecular flexibility index (Phi) is 11.8. The summed E-state index contributed by atoms with van der Waals surface area (Å²) in [7, 11) is -1.54. The molecule has 258 valence electrons. The van der Waals surface area contributed by atoms with Crippen LogP contribution in [-0.4, -0.2) is 44.9 Å². The second kappa shape index (κ2) is 15.6. The number of nitrogens with zero attached hydrogens (tertiary/aromatic N) is 1. The van der Waals surface area contributed by atoms with Gasteiger partial charge in [-0.1, -0.05) is 143 Å². The minimum Gasteiger partial charge on any atom is -0.469 e. The van der Waals surface area contributed by atoms with Gasteiger partial charge in [-0.05, 0) is 63.6 Å². The summed E-state index contributed by atoms with van der Waals surface area (Å²) < 4.78 is 12.6. The first kappa shape index (κ1) is 36.8. The number of hydrogen-bond acceptors (Lipinski definition) is 4. The molecule has 4 aromatic carbocycles. The molecule has 0 bridgehead atoms. The molecule has 0 saturated carbocycles. The highest BCUT2D eigenvalue weighted by atomic mass is 35.5. The average molecular weight is 717 g/mol. The third kappa shape index (κ3) is 7.53. The van der Waals surface area contributed by atoms with Crippen LogP contribution >= 0.6 is 23.2 Å². The minimum atomic E-state index is -2.92. The zero-order valence-corrected chi connectivity index (χ0v) is 31.7. The Hall–Kier alpha value is -3.42. The Balaban J connectivity index is 1.67. The van der Waals surface area contributed by atoms with Crippen LogP contribution in [0.4, 0.5) is 0 Å². The fourth-order valence-electron chi connectivity index (χ4n) is 7.69. The van der Waals surface area contributed by atoms with Crippen LogP contribution < -0.4 is 10.4 Å². The Morgan fingerprint density at radius 3 is 1.96 bits per heavy atom. The number of benzene rings is 4. The molecule has 0 aromatic heterocycles. The van der Waals surface area contributed by atoms with Gasteiger partial charge in [-0.25, -0.2) is 0 Å². The molecule has 2 unspecified atom stereocenters. The van der Waals surface area contributed by atoms with Crippen molar-refractivity contribution in [1.82, 2.24) is 4.90 Å². The highest BCUT2D eigenvalue weighted by molar-refractivity contribution is 6.99. The molecule has 1 fully saturated rings. The first-order chi connectivity index (χ1) is 23.4. The summed E-state index contributed by atoms with van der Waals surface area (Å²) >= 11 is 13.0. The Morgan fingerprint density at radius 2 is 1.45 bits per heavy atom. The van der Waals surface area contributed by atoms with Gasteiger partial charge in [0, 0.05) is 16.0 Å². The van der Waals surface area contributed by atoms with Gasteiger partial charge in [0.05, 0.1) is 37.6 Å². The lowest BCUT2D eigenvalue weighted by molar-refractivity contribution is -0.159. The lowest BCUT2D eigenvalue weighted by Crippen LogP contribution is -2.67. The van der Waals surface area contributed by atoms with Gasteiger partial charge in [0.15, 0.2) is 0 Å². The molecule has 0 aliphatic carbocycles. The number of piperidine rings is 1. The summed E-state index contributed by atoms with van der Waals surface area (Å²) in [4.78, 5) is 30.0. The van der Waals surface area contributed by atoms with Crippen molar-refractivity contribution in [3.05, 3.63) is 130 Å². The second-order valence-electron chi connectivity index (χ2n) is 14.1. The lowest BCUT2D eigenvalue weighted by atomic mass is 9.71. The Bertz CT molecular complexity index is 1670. The number of hydrogen-bond donors (Lipinski definition) is 0. The van der Waals surface area contributed by atoms with Gasteiger partial charge in [0.1, 0.15) is 0 Å². The van der Waals surface area contributed by atoms with E-state index >= 15 is 0 Å². The number of methoxy groups -OCH3 is 1. The molecular formula is C41H47Cl2NO4Si. The minimum absolute atomic E-state index is 0.0750. The smallest absolute Gasteiger partial charge is 0.309 e. The molecule has 1 aliphatic rings. The van der Waals surface area contributed by atoms with Crippen LogP contribution in [0.2, 0.25) is 15.1 Å². The standard InChI is InChI=1S/C41H47Cl2NO4Si/c1-7-33(27-48-49(41(3,4)5,34-17-10-8-11-18-34)35-19-12-9-13-20-35)44-38(29-21-23-31(42)24-22-29)37(30-15-14-16-32(43)25-30)26-36(39(44)45)28(2)40(46)47-6/h8-25,28,33,36-38H,7,26-27H2,1-6H3/t28?,33?,36-,37+,38+/m0/s1. The molecule has 0 N–H and O–H groups in total. The molecule has 4 aromatic rings. The molecule has 1 amide bonds. The van der Waals surface area contributed by atoms with Gasteiger partial charge >= 0.3 is 5.97 Å². The van der Waals surface area contributed by atoms with Crippen molar-refractivity contribution in [2.75, 3.05) is 13.7 Å². The molecule has 1 aliphatic heterocycles. The van der Waals surface area contributed by atoms with E-state index in [2.05, 4.69) is 82.3 Å². The third-order valence-electron chi connectivity index (χ3n) is 10.2. The number of likely N-dealkylation sites (tertiary alicyclic amines) is 1. The maximum Gasteiger partial charge on any atom is 0.309 e. The fraction of sp³-hybridized carbons (Fsp3) is 0.366. The molecule has 0 spiro atoms. The van der Waals surface area contributed by atoms with Crippen molar-refractivity contribution in [3.63, 3.8) is 0 Å². The Labute approximate surface area is 302 Å². The van der Waals surface area contributed by atoms with Gasteiger partial charge in [0.2, 0.25) is 5.91 Å². The summed E-state index contributed by atoms with van der Waals surface area (Å²) in [5, 5.41) is 3.36. The van der Waals surface area contributed by atoms with Crippen LogP contribution in [0.3, 0.4) is 0 Å². The highest BCUT2D eigenvalue weighted by Gasteiger charge is 2.52. The number of ether oxygens (including phenoxy) is 1. The first-order valence-electron chi connectivity index (χ1n) is 17.1. The van der Waals surface area contributed by atoms with E-state index in [9.17, 15) is 9.59 Å². The maximum absolute atomic E-state index is 15.0. The Morgan fingerprint density at radius 1 is 0.857 bits per heavy atom. The summed E-state index contributed by atoms with van der Waals surface area (Å²) in [5.74, 6) is -1.86. The maximum atomic E-state index is 15.0. The monoisotopic (exact) mass is 715 g/mol. The van der Waals surface area contributed by atoms with E-state index < -0.39 is 26.1 Å². The van der Waals surface area contributed by atoms with E-state index in [1.54, 1.807) is 6.92 Å². The molecule has 0 radical (unpaired) electrons. The predicted molar refractivity (Wildman–Crippen MR) is 202 cm³/mol. The van der Waals surface area contributed by atoms with Crippen LogP contribution in [0.1, 0.15) is 70.5 Å². The van der Waals surface area contributed by atoms with E-state index in [1.807, 2.05) is 59.5 Å². The summed E-state index contributed by atoms with van der Waals surface area (Å²) in [6, 6.07) is 36.0. The molecule has 5 rings (SSSR count). The van der Waals surface area contributed by atoms with Crippen LogP contribution in [-0.2, 0) is 18.8 Å². The van der Waals surface area contributed by atoms with Crippen LogP contribution in [0, 0.1) is 11.8 Å². The molecule has 49 heavy (non-hydrogen) atoms. The topological polar surface area (TPSA) is 55.8 Å². The number of carbonyl (C=O) groups is 2. The van der Waals surface area contributed by atoms with Crippen molar-refractivity contribution in [2.24, 2.45) is 11.8 Å². The van der Waals surface area contributed by atoms with Crippen molar-refractivity contribution in [3.8, 4) is 0 Å². The van der Waals surface area contributed by atoms with Gasteiger partial charge in [-0.2, -0.15) is 0 Å². The number of carbonyl (C=O) groups excluding carboxylic acids is 2. The van der Waals surface area contributed by atoms with Gasteiger partial charge in [0.25, 0.3) is 8.32 Å². The van der Waals surface area contributed by atoms with E-state index in [4.69, 9.17) is 32.4 Å². The SMILES string of the molecule is CCC(CO[Si](c1ccccc1)(c1ccccc1)C(C)(C)C)N1C(=O)[C@H](C(C)C(=O)OC)C[C@H](c2cccc(Cl)c2)[C@H]1c1ccc(Cl)cc1. The third-order valence-corrected chi connectivity index (χ3v) is 15.7. The fourth-order valence-corrected chi connectivity index (χ4v) is 12.6. The quantitative estimate of drug-likeness (QED) is 0.115. The summed E-state index contributed by atoms with van der Waals surface area (Å²) in [6.45, 7) is 11.0. The zero-order valence-electron chi connectivity index (χ0n) is 29.2. The largest absolute Gasteiger partial charge is 0.469 e. The number of esters is 1. The van der Waals surface area contributed by atoms with Crippen LogP contribution in [0.15, 0.2) is 109 Å². The van der Waals surface area contributed by atoms with E-state index in [0.29, 0.717) is 29.5 Å². The number of halogens is 2. The number of rotatable bonds is 11. The molecule has 8 heteroatoms. The van der Waals surface area contributed by atoms with Crippen LogP contribution in [0.5, 0.6) is 0 Å². The molecule has 1 saturated heterocycles. The molecule has 5 atom stereocenters. The van der Waals surface area contributed by atoms with Crippen molar-refractivity contribution in [1.29, 1.82) is 0 Å². The van der Waals surface area contributed by atoms with Gasteiger partial charge in [-0.15, -0.1) is 0 Å². The van der Waals surface area contributed by atoms with Gasteiger partial charge in [-0.3, -0.25) is 9.59 Å². The van der Waals surface area contributed by atoms with Crippen molar-refractivity contribution in [2.45, 2.75) is 70.5 Å². The summed E-state index contributed by atoms with van der Waals surface area (Å²) in [6.07, 6.45) is 1.11. The van der Waals surface area contributed by atoms with E-state index in [1.165, 1.54) is 17.5 Å². The second-order valence-corrected chi connectivity index (χ2v) is 19.3. The van der Waals surface area contributed by atoms with E-state index in [0.717, 1.165) is 11.1 Å². The van der Waals surface area contributed by atoms with Crippen LogP contribution in [0.25, 0.3) is 0 Å². The number of amides is 1. The zero-order chi connectivity index (χ0) is 35.3. The molecular weight excluding hydrogens is 669 g/mol. The predicted octanol–water partition coefficient (Wildman–Crippen LogP) is 8.83. The average Bonchev–Trinajstić information content (AvgIpc) is 3.10. The summed E-state index contributed by atoms with van der Waals surface area (Å²) in [5.41, 5.74) is 1.98. The normalized spacial score (nSPS) is 19.7. The molecule has 5 nitrogen and oxygen atoms in total. The molecule has 1 heterocycles. The first-order valence-corrected chi connectivity index (χ1v) is 19.7. The van der Waals surface area contributed by atoms with E-state index in [-0.39, 0.29) is 28.9 Å². The highest BCUT2D eigenvalue weighted by Crippen LogP contribution is 2.49. The van der Waals surface area contributed by atoms with Crippen molar-refractivity contribution >= 4 is 53.8 Å². The lowest BCUT2D eigenvalue weighted by Gasteiger charge is -2.50. The van der Waals surface area contributed by atoms with Crippen molar-refractivity contribution < 1.29 is 18.8 Å². The van der Waals surface area contributed by atoms with Gasteiger partial charge < -0.3 is 14.1 Å².